The number of ether oxygens (including phenoxy) is 2. The number of aryl methyl sites for hydroxylation is 1. The second kappa shape index (κ2) is 9.25. The van der Waals surface area contributed by atoms with E-state index in [0.29, 0.717) is 13.2 Å². The average molecular weight is 287 g/mol. The van der Waals surface area contributed by atoms with Crippen LogP contribution in [0.3, 0.4) is 0 Å². The number of rotatable bonds is 10. The molecule has 19 heavy (non-hydrogen) atoms. The van der Waals surface area contributed by atoms with E-state index in [1.807, 2.05) is 7.05 Å². The number of hydrogen-bond donors (Lipinski definition) is 1. The Bertz CT molecular complexity index is 350. The maximum Gasteiger partial charge on any atom is 0.185 e. The van der Waals surface area contributed by atoms with Gasteiger partial charge in [-0.2, -0.15) is 0 Å². The van der Waals surface area contributed by atoms with Crippen molar-refractivity contribution in [3.05, 3.63) is 10.6 Å². The highest BCUT2D eigenvalue weighted by Gasteiger charge is 2.14. The fourth-order valence-electron chi connectivity index (χ4n) is 1.79. The number of thiazole rings is 1. The second-order valence-electron chi connectivity index (χ2n) is 4.22. The minimum atomic E-state index is 0.701. The third kappa shape index (κ3) is 5.06. The van der Waals surface area contributed by atoms with Crippen LogP contribution < -0.4 is 10.2 Å². The first kappa shape index (κ1) is 16.4. The Hall–Kier alpha value is -0.690. The van der Waals surface area contributed by atoms with Gasteiger partial charge < -0.3 is 19.7 Å². The number of anilines is 1. The first-order valence-corrected chi connectivity index (χ1v) is 7.44. The molecule has 0 aliphatic rings. The van der Waals surface area contributed by atoms with Crippen molar-refractivity contribution in [1.82, 2.24) is 10.3 Å². The van der Waals surface area contributed by atoms with E-state index >= 15 is 0 Å². The molecule has 1 rings (SSSR count). The molecule has 0 spiro atoms. The van der Waals surface area contributed by atoms with Gasteiger partial charge >= 0.3 is 0 Å². The van der Waals surface area contributed by atoms with E-state index in [1.54, 1.807) is 25.6 Å². The van der Waals surface area contributed by atoms with Crippen LogP contribution >= 0.6 is 11.3 Å². The molecule has 0 saturated carbocycles. The lowest BCUT2D eigenvalue weighted by molar-refractivity contribution is 0.190. The molecule has 0 saturated heterocycles. The van der Waals surface area contributed by atoms with Crippen LogP contribution in [0.1, 0.15) is 17.5 Å². The number of aromatic nitrogens is 1. The first-order valence-electron chi connectivity index (χ1n) is 6.62. The smallest absolute Gasteiger partial charge is 0.185 e. The molecule has 0 fully saturated rings. The van der Waals surface area contributed by atoms with Gasteiger partial charge in [0.1, 0.15) is 0 Å². The molecule has 0 aliphatic carbocycles. The Morgan fingerprint density at radius 1 is 1.21 bits per heavy atom. The van der Waals surface area contributed by atoms with E-state index in [0.717, 1.165) is 31.2 Å². The number of nitrogens with zero attached hydrogens (tertiary/aromatic N) is 2. The summed E-state index contributed by atoms with van der Waals surface area (Å²) in [6.07, 6.45) is 0.968. The lowest BCUT2D eigenvalue weighted by Gasteiger charge is -2.20. The summed E-state index contributed by atoms with van der Waals surface area (Å²) in [6, 6.07) is 0. The summed E-state index contributed by atoms with van der Waals surface area (Å²) >= 11 is 1.76. The van der Waals surface area contributed by atoms with Gasteiger partial charge in [-0.15, -0.1) is 11.3 Å². The molecule has 0 unspecified atom stereocenters. The molecule has 1 heterocycles. The van der Waals surface area contributed by atoms with Gasteiger partial charge in [0.25, 0.3) is 0 Å². The Morgan fingerprint density at radius 2 is 1.84 bits per heavy atom. The van der Waals surface area contributed by atoms with Gasteiger partial charge in [-0.05, 0) is 13.5 Å². The molecule has 1 N–H and O–H groups in total. The Kier molecular flexibility index (Phi) is 7.97. The topological polar surface area (TPSA) is 46.6 Å². The summed E-state index contributed by atoms with van der Waals surface area (Å²) in [6.45, 7) is 6.11. The van der Waals surface area contributed by atoms with Crippen molar-refractivity contribution in [2.24, 2.45) is 0 Å². The van der Waals surface area contributed by atoms with Crippen molar-refractivity contribution in [3.8, 4) is 0 Å². The highest BCUT2D eigenvalue weighted by molar-refractivity contribution is 7.15. The molecule has 0 atom stereocenters. The highest BCUT2D eigenvalue weighted by atomic mass is 32.1. The third-order valence-electron chi connectivity index (χ3n) is 2.84. The van der Waals surface area contributed by atoms with Crippen molar-refractivity contribution < 1.29 is 9.47 Å². The van der Waals surface area contributed by atoms with Crippen LogP contribution in [0, 0.1) is 0 Å². The summed E-state index contributed by atoms with van der Waals surface area (Å²) in [5, 5.41) is 4.27. The van der Waals surface area contributed by atoms with Crippen LogP contribution in [-0.4, -0.2) is 52.6 Å². The predicted molar refractivity (Wildman–Crippen MR) is 80.2 cm³/mol. The van der Waals surface area contributed by atoms with Crippen molar-refractivity contribution in [2.45, 2.75) is 19.9 Å². The fourth-order valence-corrected chi connectivity index (χ4v) is 3.00. The molecule has 0 bridgehead atoms. The lowest BCUT2D eigenvalue weighted by atomic mass is 10.3. The summed E-state index contributed by atoms with van der Waals surface area (Å²) in [7, 11) is 5.41. The zero-order chi connectivity index (χ0) is 14.1. The van der Waals surface area contributed by atoms with Crippen LogP contribution in [-0.2, 0) is 22.4 Å². The molecular weight excluding hydrogens is 262 g/mol. The van der Waals surface area contributed by atoms with Gasteiger partial charge in [-0.1, -0.05) is 6.92 Å². The Morgan fingerprint density at radius 3 is 2.32 bits per heavy atom. The minimum Gasteiger partial charge on any atom is -0.383 e. The average Bonchev–Trinajstić information content (AvgIpc) is 2.82. The normalized spacial score (nSPS) is 10.9. The van der Waals surface area contributed by atoms with Crippen LogP contribution in [0.4, 0.5) is 5.13 Å². The van der Waals surface area contributed by atoms with E-state index in [1.165, 1.54) is 10.6 Å². The van der Waals surface area contributed by atoms with Gasteiger partial charge in [0.2, 0.25) is 0 Å². The molecule has 5 nitrogen and oxygen atoms in total. The standard InChI is InChI=1S/C13H25N3O2S/c1-5-11-12(10-14-2)19-13(15-11)16(6-8-17-3)7-9-18-4/h14H,5-10H2,1-4H3. The lowest BCUT2D eigenvalue weighted by Crippen LogP contribution is -2.30. The third-order valence-corrected chi connectivity index (χ3v) is 4.00. The molecule has 1 aromatic rings. The molecular formula is C13H25N3O2S. The molecule has 0 aliphatic heterocycles. The van der Waals surface area contributed by atoms with E-state index in [2.05, 4.69) is 17.1 Å². The Balaban J connectivity index is 2.80. The summed E-state index contributed by atoms with van der Waals surface area (Å²) in [5.74, 6) is 0. The zero-order valence-electron chi connectivity index (χ0n) is 12.4. The van der Waals surface area contributed by atoms with Crippen molar-refractivity contribution >= 4 is 16.5 Å². The van der Waals surface area contributed by atoms with Crippen LogP contribution in [0.15, 0.2) is 0 Å². The maximum absolute atomic E-state index is 5.17. The first-order chi connectivity index (χ1) is 9.26. The summed E-state index contributed by atoms with van der Waals surface area (Å²) < 4.78 is 10.3. The molecule has 0 aromatic carbocycles. The zero-order valence-corrected chi connectivity index (χ0v) is 13.2. The molecule has 0 radical (unpaired) electrons. The van der Waals surface area contributed by atoms with E-state index < -0.39 is 0 Å². The van der Waals surface area contributed by atoms with Crippen molar-refractivity contribution in [2.75, 3.05) is 52.5 Å². The highest BCUT2D eigenvalue weighted by Crippen LogP contribution is 2.26. The van der Waals surface area contributed by atoms with Crippen molar-refractivity contribution in [1.29, 1.82) is 0 Å². The number of methoxy groups -OCH3 is 2. The van der Waals surface area contributed by atoms with Crippen LogP contribution in [0.2, 0.25) is 0 Å². The molecule has 0 amide bonds. The van der Waals surface area contributed by atoms with Crippen LogP contribution in [0.25, 0.3) is 0 Å². The van der Waals surface area contributed by atoms with E-state index in [-0.39, 0.29) is 0 Å². The van der Waals surface area contributed by atoms with Gasteiger partial charge in [0.05, 0.1) is 18.9 Å². The predicted octanol–water partition coefficient (Wildman–Crippen LogP) is 1.52. The number of hydrogen-bond acceptors (Lipinski definition) is 6. The summed E-state index contributed by atoms with van der Waals surface area (Å²) in [4.78, 5) is 8.30. The Labute approximate surface area is 119 Å². The van der Waals surface area contributed by atoms with E-state index in [9.17, 15) is 0 Å². The largest absolute Gasteiger partial charge is 0.383 e. The molecule has 6 heteroatoms. The maximum atomic E-state index is 5.17. The minimum absolute atomic E-state index is 0.701. The SMILES string of the molecule is CCc1nc(N(CCOC)CCOC)sc1CNC. The molecule has 1 aromatic heterocycles. The second-order valence-corrected chi connectivity index (χ2v) is 5.28. The van der Waals surface area contributed by atoms with E-state index in [4.69, 9.17) is 14.5 Å². The monoisotopic (exact) mass is 287 g/mol. The van der Waals surface area contributed by atoms with Gasteiger partial charge in [-0.25, -0.2) is 4.98 Å². The van der Waals surface area contributed by atoms with Gasteiger partial charge in [-0.3, -0.25) is 0 Å². The summed E-state index contributed by atoms with van der Waals surface area (Å²) in [5.41, 5.74) is 1.19. The van der Waals surface area contributed by atoms with Gasteiger partial charge in [0, 0.05) is 38.7 Å². The van der Waals surface area contributed by atoms with Crippen LogP contribution in [0.5, 0.6) is 0 Å². The van der Waals surface area contributed by atoms with Gasteiger partial charge in [0.15, 0.2) is 5.13 Å². The van der Waals surface area contributed by atoms with Crippen molar-refractivity contribution in [3.63, 3.8) is 0 Å². The molecule has 110 valence electrons. The quantitative estimate of drug-likeness (QED) is 0.707. The number of nitrogens with one attached hydrogen (secondary N) is 1. The fraction of sp³-hybridized carbons (Fsp3) is 0.769.